The number of carbonyl (C=O) groups is 1. The van der Waals surface area contributed by atoms with Gasteiger partial charge in [-0.1, -0.05) is 12.1 Å². The Morgan fingerprint density at radius 2 is 0.902 bits per heavy atom. The molecule has 12 aliphatic rings. The molecule has 0 aliphatic heterocycles. The number of carbonyl (C=O) groups excluding carboxylic acids is 1. The van der Waals surface area contributed by atoms with Crippen LogP contribution in [-0.4, -0.2) is 14.3 Å². The van der Waals surface area contributed by atoms with Crippen molar-refractivity contribution in [3.05, 3.63) is 57.2 Å². The predicted octanol–water partition coefficient (Wildman–Crippen LogP) is 11.0. The lowest BCUT2D eigenvalue weighted by Gasteiger charge is -2.60. The number of halogens is 3. The smallest absolute Gasteiger partial charge is 0.266 e. The van der Waals surface area contributed by atoms with Gasteiger partial charge in [0.15, 0.2) is 0 Å². The highest BCUT2D eigenvalue weighted by molar-refractivity contribution is 14.1. The largest absolute Gasteiger partial charge is 0.268 e. The van der Waals surface area contributed by atoms with Crippen LogP contribution in [0.1, 0.15) is 143 Å². The van der Waals surface area contributed by atoms with Crippen LogP contribution in [0.2, 0.25) is 0 Å². The second-order valence-electron chi connectivity index (χ2n) is 20.2. The summed E-state index contributed by atoms with van der Waals surface area (Å²) in [5, 5.41) is 0. The summed E-state index contributed by atoms with van der Waals surface area (Å²) in [6.07, 6.45) is 22.9. The number of nitrogens with one attached hydrogen (secondary N) is 1. The zero-order valence-electron chi connectivity index (χ0n) is 29.5. The van der Waals surface area contributed by atoms with Crippen molar-refractivity contribution in [2.75, 3.05) is 0 Å². The van der Waals surface area contributed by atoms with Crippen LogP contribution in [0.4, 0.5) is 0 Å². The van der Waals surface area contributed by atoms with E-state index >= 15 is 8.42 Å². The molecule has 0 unspecified atom stereocenters. The minimum Gasteiger partial charge on any atom is -0.268 e. The summed E-state index contributed by atoms with van der Waals surface area (Å²) in [6.45, 7) is 0. The van der Waals surface area contributed by atoms with Crippen LogP contribution in [-0.2, 0) is 26.3 Å². The molecule has 4 nitrogen and oxygen atoms in total. The molecule has 272 valence electrons. The van der Waals surface area contributed by atoms with E-state index in [1.165, 1.54) is 82.6 Å². The van der Waals surface area contributed by atoms with Gasteiger partial charge in [-0.3, -0.25) is 4.79 Å². The first-order valence-corrected chi connectivity index (χ1v) is 25.0. The molecule has 0 aromatic heterocycles. The first-order chi connectivity index (χ1) is 24.4. The van der Waals surface area contributed by atoms with Crippen molar-refractivity contribution >= 4 is 83.7 Å². The summed E-state index contributed by atoms with van der Waals surface area (Å²) < 4.78 is 36.6. The molecule has 12 saturated carbocycles. The first-order valence-electron chi connectivity index (χ1n) is 20.3. The van der Waals surface area contributed by atoms with E-state index in [0.717, 1.165) is 78.1 Å². The molecule has 0 atom stereocenters. The Labute approximate surface area is 345 Å². The maximum atomic E-state index is 15.5. The number of hydrogen-bond donors (Lipinski definition) is 1. The molecule has 0 heterocycles. The second kappa shape index (κ2) is 11.8. The lowest BCUT2D eigenvalue weighted by molar-refractivity contribution is -0.0137. The van der Waals surface area contributed by atoms with E-state index in [2.05, 4.69) is 84.6 Å². The average Bonchev–Trinajstić information content (AvgIpc) is 3.04. The van der Waals surface area contributed by atoms with Gasteiger partial charge in [0.2, 0.25) is 0 Å². The Balaban J connectivity index is 1.14. The monoisotopic (exact) mass is 1040 g/mol. The van der Waals surface area contributed by atoms with E-state index in [1.54, 1.807) is 0 Å². The molecule has 12 aliphatic carbocycles. The third-order valence-electron chi connectivity index (χ3n) is 16.7. The van der Waals surface area contributed by atoms with E-state index in [1.807, 2.05) is 12.1 Å². The normalized spacial score (nSPS) is 44.0. The molecule has 12 fully saturated rings. The fraction of sp³-hybridized carbons (Fsp3) is 0.698. The maximum Gasteiger partial charge on any atom is 0.266 e. The molecule has 51 heavy (non-hydrogen) atoms. The molecule has 1 amide bonds. The molecule has 2 aromatic rings. The summed E-state index contributed by atoms with van der Waals surface area (Å²) >= 11 is 6.73. The Bertz CT molecular complexity index is 1800. The lowest BCUT2D eigenvalue weighted by atomic mass is 9.45. The van der Waals surface area contributed by atoms with Crippen LogP contribution < -0.4 is 4.72 Å². The molecule has 8 heteroatoms. The average molecular weight is 1040 g/mol. The van der Waals surface area contributed by atoms with Crippen molar-refractivity contribution in [3.8, 4) is 0 Å². The van der Waals surface area contributed by atoms with Crippen molar-refractivity contribution in [3.63, 3.8) is 0 Å². The standard InChI is InChI=1S/C43H50I3NO3S/c44-33-12-34(38(46)37(45)13-33)40(48)47-51(49,50)39-35(42-17-26-4-27(18-42)6-28(5-26)19-42)10-32(41-14-23-1-24(15-41)3-25(2-23)16-41)11-36(39)43-20-29-7-30(21-43)9-31(8-29)22-43/h10-13,23-31H,1-9,14-22H2,(H,47,48). The quantitative estimate of drug-likeness (QED) is 0.232. The molecule has 0 radical (unpaired) electrons. The maximum absolute atomic E-state index is 15.5. The summed E-state index contributed by atoms with van der Waals surface area (Å²) in [4.78, 5) is 14.8. The first kappa shape index (κ1) is 34.3. The summed E-state index contributed by atoms with van der Waals surface area (Å²) in [6, 6.07) is 8.96. The highest BCUT2D eigenvalue weighted by atomic mass is 127. The van der Waals surface area contributed by atoms with E-state index in [-0.39, 0.29) is 16.2 Å². The van der Waals surface area contributed by atoms with Crippen molar-refractivity contribution in [1.29, 1.82) is 0 Å². The van der Waals surface area contributed by atoms with Gasteiger partial charge in [0, 0.05) is 10.7 Å². The number of rotatable bonds is 6. The minimum absolute atomic E-state index is 0.0941. The zero-order valence-corrected chi connectivity index (χ0v) is 36.8. The van der Waals surface area contributed by atoms with Gasteiger partial charge in [0.1, 0.15) is 0 Å². The number of benzene rings is 2. The van der Waals surface area contributed by atoms with Crippen LogP contribution >= 0.6 is 67.8 Å². The fourth-order valence-electron chi connectivity index (χ4n) is 16.3. The van der Waals surface area contributed by atoms with E-state index in [9.17, 15) is 4.79 Å². The molecular weight excluding hydrogens is 991 g/mol. The van der Waals surface area contributed by atoms with Crippen LogP contribution in [0.25, 0.3) is 0 Å². The van der Waals surface area contributed by atoms with Gasteiger partial charge in [-0.25, -0.2) is 13.1 Å². The van der Waals surface area contributed by atoms with Crippen molar-refractivity contribution < 1.29 is 13.2 Å². The summed E-state index contributed by atoms with van der Waals surface area (Å²) in [7, 11) is -4.18. The van der Waals surface area contributed by atoms with Crippen LogP contribution in [0.3, 0.4) is 0 Å². The Morgan fingerprint density at radius 1 is 0.549 bits per heavy atom. The van der Waals surface area contributed by atoms with Crippen LogP contribution in [0.15, 0.2) is 29.2 Å². The number of amides is 1. The van der Waals surface area contributed by atoms with Crippen LogP contribution in [0, 0.1) is 64.0 Å². The molecular formula is C43H50I3NO3S. The second-order valence-corrected chi connectivity index (χ2v) is 25.3. The van der Waals surface area contributed by atoms with Crippen LogP contribution in [0.5, 0.6) is 0 Å². The molecule has 0 saturated heterocycles. The van der Waals surface area contributed by atoms with Crippen molar-refractivity contribution in [2.24, 2.45) is 53.3 Å². The number of sulfonamides is 1. The van der Waals surface area contributed by atoms with Gasteiger partial charge in [-0.15, -0.1) is 0 Å². The van der Waals surface area contributed by atoms with Gasteiger partial charge >= 0.3 is 0 Å². The third-order valence-corrected chi connectivity index (χ3v) is 21.8. The third kappa shape index (κ3) is 5.42. The highest BCUT2D eigenvalue weighted by Gasteiger charge is 2.59. The summed E-state index contributed by atoms with van der Waals surface area (Å²) in [5.41, 5.74) is 4.31. The summed E-state index contributed by atoms with van der Waals surface area (Å²) in [5.74, 6) is 6.30. The zero-order chi connectivity index (χ0) is 34.7. The molecule has 1 N–H and O–H groups in total. The van der Waals surface area contributed by atoms with E-state index in [0.29, 0.717) is 46.0 Å². The van der Waals surface area contributed by atoms with Gasteiger partial charge in [-0.2, -0.15) is 0 Å². The van der Waals surface area contributed by atoms with Gasteiger partial charge in [0.25, 0.3) is 15.9 Å². The van der Waals surface area contributed by atoms with E-state index in [4.69, 9.17) is 0 Å². The Hall–Kier alpha value is 0.0500. The topological polar surface area (TPSA) is 63.2 Å². The molecule has 12 bridgehead atoms. The highest BCUT2D eigenvalue weighted by Crippen LogP contribution is 2.67. The Kier molecular flexibility index (Phi) is 7.93. The Morgan fingerprint density at radius 3 is 1.27 bits per heavy atom. The van der Waals surface area contributed by atoms with Gasteiger partial charge in [0.05, 0.1) is 10.5 Å². The number of hydrogen-bond acceptors (Lipinski definition) is 3. The lowest BCUT2D eigenvalue weighted by Crippen LogP contribution is -2.52. The van der Waals surface area contributed by atoms with Crippen molar-refractivity contribution in [2.45, 2.75) is 137 Å². The fourth-order valence-corrected chi connectivity index (χ4v) is 20.3. The van der Waals surface area contributed by atoms with Crippen molar-refractivity contribution in [1.82, 2.24) is 4.72 Å². The van der Waals surface area contributed by atoms with Gasteiger partial charge < -0.3 is 0 Å². The van der Waals surface area contributed by atoms with E-state index < -0.39 is 15.9 Å². The molecule has 2 aromatic carbocycles. The predicted molar refractivity (Wildman–Crippen MR) is 225 cm³/mol. The molecule has 14 rings (SSSR count). The minimum atomic E-state index is -4.18. The SMILES string of the molecule is O=C(NS(=O)(=O)c1c(C23CC4CC(CC(C4)C2)C3)cc(C23CC4CC(CC(C4)C2)C3)cc1C12CC3CC(CC(C3)C1)C2)c1cc(I)cc(I)c1I. The molecule has 0 spiro atoms. The van der Waals surface area contributed by atoms with Gasteiger partial charge in [-0.05, 0) is 282 Å².